The summed E-state index contributed by atoms with van der Waals surface area (Å²) >= 11 is 0. The van der Waals surface area contributed by atoms with Gasteiger partial charge in [-0.3, -0.25) is 10.2 Å². The van der Waals surface area contributed by atoms with Crippen molar-refractivity contribution in [2.24, 2.45) is 0 Å². The Kier molecular flexibility index (Phi) is 8.27. The summed E-state index contributed by atoms with van der Waals surface area (Å²) in [6, 6.07) is 31.8. The van der Waals surface area contributed by atoms with Gasteiger partial charge in [0.25, 0.3) is 0 Å². The number of rotatable bonds is 8. The number of hydrogen-bond donors (Lipinski definition) is 1. The third kappa shape index (κ3) is 6.93. The van der Waals surface area contributed by atoms with E-state index < -0.39 is 18.0 Å². The van der Waals surface area contributed by atoms with Crippen LogP contribution in [0.15, 0.2) is 109 Å². The molecule has 1 N–H and O–H groups in total. The lowest BCUT2D eigenvalue weighted by Crippen LogP contribution is -2.31. The molecule has 7 heteroatoms. The number of carbonyl (C=O) groups is 2. The van der Waals surface area contributed by atoms with Crippen LogP contribution in [-0.4, -0.2) is 12.2 Å². The molecule has 182 valence electrons. The fourth-order valence-electron chi connectivity index (χ4n) is 3.49. The highest BCUT2D eigenvalue weighted by Crippen LogP contribution is 2.26. The molecule has 4 aromatic rings. The number of nitrogens with zero attached hydrogens (tertiary/aromatic N) is 1. The summed E-state index contributed by atoms with van der Waals surface area (Å²) in [5.74, 6) is -0.691. The molecule has 0 spiro atoms. The maximum Gasteiger partial charge on any atom is 0.415 e. The fraction of sp³-hybridized carbons (Fsp3) is 0.103. The van der Waals surface area contributed by atoms with Crippen molar-refractivity contribution in [3.05, 3.63) is 132 Å². The van der Waals surface area contributed by atoms with Crippen molar-refractivity contribution in [3.63, 3.8) is 0 Å². The Balaban J connectivity index is 1.46. The average Bonchev–Trinajstić information content (AvgIpc) is 2.91. The van der Waals surface area contributed by atoms with Crippen LogP contribution in [0.2, 0.25) is 0 Å². The average molecular weight is 485 g/mol. The smallest absolute Gasteiger partial charge is 0.415 e. The number of carbonyl (C=O) groups excluding carboxylic acids is 2. The van der Waals surface area contributed by atoms with E-state index in [0.29, 0.717) is 0 Å². The van der Waals surface area contributed by atoms with Crippen LogP contribution in [0.4, 0.5) is 25.4 Å². The van der Waals surface area contributed by atoms with E-state index in [4.69, 9.17) is 9.47 Å². The Bertz CT molecular complexity index is 1280. The summed E-state index contributed by atoms with van der Waals surface area (Å²) in [6.07, 6.45) is -1.40. The molecular weight excluding hydrogens is 459 g/mol. The van der Waals surface area contributed by atoms with E-state index in [-0.39, 0.29) is 31.1 Å². The van der Waals surface area contributed by atoms with Crippen LogP contribution >= 0.6 is 0 Å². The van der Waals surface area contributed by atoms with E-state index in [1.54, 1.807) is 0 Å². The molecule has 0 saturated carbocycles. The summed E-state index contributed by atoms with van der Waals surface area (Å²) in [6.45, 7) is 0.252. The lowest BCUT2D eigenvalue weighted by atomic mass is 10.2. The van der Waals surface area contributed by atoms with Gasteiger partial charge in [0.15, 0.2) is 0 Å². The molecule has 6 nitrogen and oxygen atoms in total. The van der Waals surface area contributed by atoms with Gasteiger partial charge in [-0.05, 0) is 34.9 Å². The number of hydrogen-bond acceptors (Lipinski definition) is 4. The van der Waals surface area contributed by atoms with Crippen LogP contribution < -0.4 is 10.2 Å². The van der Waals surface area contributed by atoms with Crippen LogP contribution in [0.5, 0.6) is 0 Å². The SMILES string of the molecule is O=C(Nc1ccc(N(Cc2ccccc2)C(=O)OCc2ccccc2)c(F)c1)OCc1ccccc1. The highest BCUT2D eigenvalue weighted by atomic mass is 19.1. The third-order valence-corrected chi connectivity index (χ3v) is 5.31. The van der Waals surface area contributed by atoms with E-state index in [1.807, 2.05) is 91.0 Å². The van der Waals surface area contributed by atoms with Crippen LogP contribution in [0.25, 0.3) is 0 Å². The predicted molar refractivity (Wildman–Crippen MR) is 136 cm³/mol. The first-order valence-corrected chi connectivity index (χ1v) is 11.4. The Hall–Kier alpha value is -4.65. The molecule has 36 heavy (non-hydrogen) atoms. The molecular formula is C29H25FN2O4. The highest BCUT2D eigenvalue weighted by Gasteiger charge is 2.22. The second kappa shape index (κ2) is 12.2. The summed E-state index contributed by atoms with van der Waals surface area (Å²) in [7, 11) is 0. The minimum Gasteiger partial charge on any atom is -0.444 e. The first-order chi connectivity index (χ1) is 17.6. The summed E-state index contributed by atoms with van der Waals surface area (Å²) in [4.78, 5) is 26.4. The van der Waals surface area contributed by atoms with Crippen molar-refractivity contribution in [1.82, 2.24) is 0 Å². The summed E-state index contributed by atoms with van der Waals surface area (Å²) in [5.41, 5.74) is 2.69. The number of benzene rings is 4. The van der Waals surface area contributed by atoms with Gasteiger partial charge < -0.3 is 9.47 Å². The van der Waals surface area contributed by atoms with Crippen LogP contribution in [0, 0.1) is 5.82 Å². The molecule has 0 saturated heterocycles. The van der Waals surface area contributed by atoms with Crippen LogP contribution in [0.3, 0.4) is 0 Å². The molecule has 4 aromatic carbocycles. The van der Waals surface area contributed by atoms with Gasteiger partial charge in [-0.15, -0.1) is 0 Å². The van der Waals surface area contributed by atoms with Crippen LogP contribution in [0.1, 0.15) is 16.7 Å². The molecule has 0 heterocycles. The predicted octanol–water partition coefficient (Wildman–Crippen LogP) is 6.92. The van der Waals surface area contributed by atoms with Crippen molar-refractivity contribution in [3.8, 4) is 0 Å². The first-order valence-electron chi connectivity index (χ1n) is 11.4. The van der Waals surface area contributed by atoms with E-state index in [9.17, 15) is 9.59 Å². The zero-order valence-corrected chi connectivity index (χ0v) is 19.5. The van der Waals surface area contributed by atoms with Gasteiger partial charge in [0.1, 0.15) is 19.0 Å². The second-order valence-electron chi connectivity index (χ2n) is 7.96. The maximum atomic E-state index is 15.2. The van der Waals surface area contributed by atoms with Crippen molar-refractivity contribution in [2.75, 3.05) is 10.2 Å². The van der Waals surface area contributed by atoms with Gasteiger partial charge in [0.05, 0.1) is 12.2 Å². The number of nitrogens with one attached hydrogen (secondary N) is 1. The zero-order chi connectivity index (χ0) is 25.2. The Labute approximate surface area is 208 Å². The number of ether oxygens (including phenoxy) is 2. The van der Waals surface area contributed by atoms with Gasteiger partial charge in [-0.25, -0.2) is 14.0 Å². The lowest BCUT2D eigenvalue weighted by Gasteiger charge is -2.23. The van der Waals surface area contributed by atoms with Crippen molar-refractivity contribution in [2.45, 2.75) is 19.8 Å². The molecule has 2 amide bonds. The number of halogens is 1. The maximum absolute atomic E-state index is 15.2. The molecule has 0 aliphatic carbocycles. The Morgan fingerprint density at radius 3 is 1.78 bits per heavy atom. The number of anilines is 2. The van der Waals surface area contributed by atoms with E-state index in [2.05, 4.69) is 5.32 Å². The highest BCUT2D eigenvalue weighted by molar-refractivity contribution is 5.89. The van der Waals surface area contributed by atoms with Gasteiger partial charge in [0.2, 0.25) is 0 Å². The quantitative estimate of drug-likeness (QED) is 0.295. The minimum absolute atomic E-state index is 0.0279. The molecule has 0 aliphatic rings. The normalized spacial score (nSPS) is 10.4. The standard InChI is InChI=1S/C29H25FN2O4/c30-26-18-25(31-28(33)35-20-23-12-6-2-7-13-23)16-17-27(26)32(19-22-10-4-1-5-11-22)29(34)36-21-24-14-8-3-9-15-24/h1-18H,19-21H2,(H,31,33). The van der Waals surface area contributed by atoms with Crippen molar-refractivity contribution in [1.29, 1.82) is 0 Å². The van der Waals surface area contributed by atoms with E-state index in [1.165, 1.54) is 17.0 Å². The molecule has 0 unspecified atom stereocenters. The summed E-state index contributed by atoms with van der Waals surface area (Å²) in [5, 5.41) is 2.51. The van der Waals surface area contributed by atoms with Crippen molar-refractivity contribution >= 4 is 23.6 Å². The van der Waals surface area contributed by atoms with Gasteiger partial charge in [-0.1, -0.05) is 91.0 Å². The van der Waals surface area contributed by atoms with Gasteiger partial charge >= 0.3 is 12.2 Å². The second-order valence-corrected chi connectivity index (χ2v) is 7.96. The first kappa shape index (κ1) is 24.5. The Morgan fingerprint density at radius 1 is 0.694 bits per heavy atom. The minimum atomic E-state index is -0.714. The Morgan fingerprint density at radius 2 is 1.22 bits per heavy atom. The molecule has 0 bridgehead atoms. The summed E-state index contributed by atoms with van der Waals surface area (Å²) < 4.78 is 25.8. The zero-order valence-electron chi connectivity index (χ0n) is 19.5. The van der Waals surface area contributed by atoms with E-state index >= 15 is 4.39 Å². The van der Waals surface area contributed by atoms with Gasteiger partial charge in [-0.2, -0.15) is 0 Å². The van der Waals surface area contributed by atoms with Gasteiger partial charge in [0, 0.05) is 5.69 Å². The number of amides is 2. The fourth-order valence-corrected chi connectivity index (χ4v) is 3.49. The largest absolute Gasteiger partial charge is 0.444 e. The lowest BCUT2D eigenvalue weighted by molar-refractivity contribution is 0.146. The molecule has 0 radical (unpaired) electrons. The topological polar surface area (TPSA) is 67.9 Å². The molecule has 0 aromatic heterocycles. The molecule has 4 rings (SSSR count). The van der Waals surface area contributed by atoms with E-state index in [0.717, 1.165) is 22.8 Å². The third-order valence-electron chi connectivity index (χ3n) is 5.31. The van der Waals surface area contributed by atoms with Crippen molar-refractivity contribution < 1.29 is 23.5 Å². The molecule has 0 fully saturated rings. The monoisotopic (exact) mass is 484 g/mol. The molecule has 0 atom stereocenters. The van der Waals surface area contributed by atoms with Crippen LogP contribution in [-0.2, 0) is 29.2 Å². The molecule has 0 aliphatic heterocycles.